The Labute approximate surface area is 108 Å². The van der Waals surface area contributed by atoms with Crippen molar-refractivity contribution < 1.29 is 9.18 Å². The molecule has 2 rings (SSSR count). The molecule has 4 nitrogen and oxygen atoms in total. The van der Waals surface area contributed by atoms with Crippen LogP contribution in [0.1, 0.15) is 17.3 Å². The maximum absolute atomic E-state index is 13.1. The zero-order valence-electron chi connectivity index (χ0n) is 9.65. The molecule has 1 aromatic heterocycles. The highest BCUT2D eigenvalue weighted by Gasteiger charge is 2.16. The Morgan fingerprint density at radius 3 is 3.00 bits per heavy atom. The summed E-state index contributed by atoms with van der Waals surface area (Å²) < 4.78 is 14.4. The number of amides is 1. The molecule has 0 unspecified atom stereocenters. The number of hydrogen-bond donors (Lipinski definition) is 1. The van der Waals surface area contributed by atoms with E-state index in [1.807, 2.05) is 6.92 Å². The van der Waals surface area contributed by atoms with Gasteiger partial charge in [-0.1, -0.05) is 17.7 Å². The third-order valence-electron chi connectivity index (χ3n) is 2.35. The average molecular weight is 268 g/mol. The van der Waals surface area contributed by atoms with E-state index in [9.17, 15) is 9.18 Å². The standard InChI is InChI=1S/C12H11ClFN3O/c1-2-15-12(18)10-7-16-17(11(10)13)9-5-3-4-8(14)6-9/h3-7H,2H2,1H3,(H,15,18). The van der Waals surface area contributed by atoms with Gasteiger partial charge in [-0.05, 0) is 25.1 Å². The zero-order chi connectivity index (χ0) is 13.1. The molecule has 0 bridgehead atoms. The van der Waals surface area contributed by atoms with E-state index in [2.05, 4.69) is 10.4 Å². The average Bonchev–Trinajstić information content (AvgIpc) is 2.71. The summed E-state index contributed by atoms with van der Waals surface area (Å²) in [6, 6.07) is 5.82. The third kappa shape index (κ3) is 2.36. The number of halogens is 2. The highest BCUT2D eigenvalue weighted by atomic mass is 35.5. The van der Waals surface area contributed by atoms with E-state index in [-0.39, 0.29) is 16.6 Å². The molecule has 0 saturated heterocycles. The van der Waals surface area contributed by atoms with Crippen LogP contribution in [0.4, 0.5) is 4.39 Å². The second-order valence-corrected chi connectivity index (χ2v) is 3.96. The lowest BCUT2D eigenvalue weighted by Gasteiger charge is -2.04. The number of aromatic nitrogens is 2. The van der Waals surface area contributed by atoms with Gasteiger partial charge in [0.25, 0.3) is 5.91 Å². The van der Waals surface area contributed by atoms with Crippen LogP contribution in [0, 0.1) is 5.82 Å². The van der Waals surface area contributed by atoms with Crippen molar-refractivity contribution in [3.63, 3.8) is 0 Å². The topological polar surface area (TPSA) is 46.9 Å². The van der Waals surface area contributed by atoms with Crippen LogP contribution in [0.3, 0.4) is 0 Å². The van der Waals surface area contributed by atoms with Crippen LogP contribution in [-0.2, 0) is 0 Å². The Morgan fingerprint density at radius 1 is 1.56 bits per heavy atom. The van der Waals surface area contributed by atoms with Crippen molar-refractivity contribution in [2.45, 2.75) is 6.92 Å². The van der Waals surface area contributed by atoms with Gasteiger partial charge in [-0.15, -0.1) is 0 Å². The predicted molar refractivity (Wildman–Crippen MR) is 66.5 cm³/mol. The van der Waals surface area contributed by atoms with Crippen molar-refractivity contribution in [2.75, 3.05) is 6.54 Å². The van der Waals surface area contributed by atoms with E-state index in [4.69, 9.17) is 11.6 Å². The fourth-order valence-electron chi connectivity index (χ4n) is 1.53. The Bertz CT molecular complexity index is 582. The summed E-state index contributed by atoms with van der Waals surface area (Å²) in [4.78, 5) is 11.7. The number of nitrogens with zero attached hydrogens (tertiary/aromatic N) is 2. The summed E-state index contributed by atoms with van der Waals surface area (Å²) in [5.41, 5.74) is 0.735. The Balaban J connectivity index is 2.39. The van der Waals surface area contributed by atoms with Gasteiger partial charge in [0.05, 0.1) is 17.4 Å². The van der Waals surface area contributed by atoms with E-state index in [0.717, 1.165) is 0 Å². The lowest BCUT2D eigenvalue weighted by atomic mass is 10.3. The zero-order valence-corrected chi connectivity index (χ0v) is 10.4. The fourth-order valence-corrected chi connectivity index (χ4v) is 1.81. The number of carbonyl (C=O) groups is 1. The van der Waals surface area contributed by atoms with Crippen molar-refractivity contribution in [2.24, 2.45) is 0 Å². The largest absolute Gasteiger partial charge is 0.352 e. The highest BCUT2D eigenvalue weighted by Crippen LogP contribution is 2.20. The van der Waals surface area contributed by atoms with Gasteiger partial charge in [-0.3, -0.25) is 4.79 Å². The Morgan fingerprint density at radius 2 is 2.33 bits per heavy atom. The quantitative estimate of drug-likeness (QED) is 0.928. The molecule has 1 heterocycles. The molecule has 0 radical (unpaired) electrons. The summed E-state index contributed by atoms with van der Waals surface area (Å²) in [5, 5.41) is 6.77. The van der Waals surface area contributed by atoms with E-state index >= 15 is 0 Å². The molecule has 18 heavy (non-hydrogen) atoms. The SMILES string of the molecule is CCNC(=O)c1cnn(-c2cccc(F)c2)c1Cl. The highest BCUT2D eigenvalue weighted by molar-refractivity contribution is 6.33. The van der Waals surface area contributed by atoms with Gasteiger partial charge in [-0.2, -0.15) is 5.10 Å². The number of hydrogen-bond acceptors (Lipinski definition) is 2. The van der Waals surface area contributed by atoms with Gasteiger partial charge in [-0.25, -0.2) is 9.07 Å². The van der Waals surface area contributed by atoms with Crippen LogP contribution in [0.5, 0.6) is 0 Å². The number of nitrogens with one attached hydrogen (secondary N) is 1. The van der Waals surface area contributed by atoms with Crippen LogP contribution in [0.25, 0.3) is 5.69 Å². The molecule has 0 aliphatic rings. The van der Waals surface area contributed by atoms with Gasteiger partial charge in [0.15, 0.2) is 0 Å². The van der Waals surface area contributed by atoms with Gasteiger partial charge in [0.1, 0.15) is 11.0 Å². The number of carbonyl (C=O) groups excluding carboxylic acids is 1. The summed E-state index contributed by atoms with van der Waals surface area (Å²) >= 11 is 6.06. The van der Waals surface area contributed by atoms with Crippen LogP contribution in [0.15, 0.2) is 30.5 Å². The molecule has 0 spiro atoms. The monoisotopic (exact) mass is 267 g/mol. The maximum Gasteiger partial charge on any atom is 0.256 e. The van der Waals surface area contributed by atoms with Crippen molar-refractivity contribution in [3.8, 4) is 5.69 Å². The molecule has 1 N–H and O–H groups in total. The molecule has 94 valence electrons. The smallest absolute Gasteiger partial charge is 0.256 e. The maximum atomic E-state index is 13.1. The second-order valence-electron chi connectivity index (χ2n) is 3.60. The molecule has 0 fully saturated rings. The van der Waals surface area contributed by atoms with Crippen LogP contribution < -0.4 is 5.32 Å². The Hall–Kier alpha value is -1.88. The van der Waals surface area contributed by atoms with Gasteiger partial charge < -0.3 is 5.32 Å². The molecule has 2 aromatic rings. The minimum atomic E-state index is -0.390. The summed E-state index contributed by atoms with van der Waals surface area (Å²) in [6.45, 7) is 2.31. The van der Waals surface area contributed by atoms with E-state index in [1.165, 1.54) is 23.0 Å². The van der Waals surface area contributed by atoms with E-state index in [0.29, 0.717) is 12.2 Å². The molecule has 0 aliphatic heterocycles. The lowest BCUT2D eigenvalue weighted by molar-refractivity contribution is 0.0956. The van der Waals surface area contributed by atoms with Crippen LogP contribution in [-0.4, -0.2) is 22.2 Å². The summed E-state index contributed by atoms with van der Waals surface area (Å²) in [5.74, 6) is -0.691. The molecular weight excluding hydrogens is 257 g/mol. The van der Waals surface area contributed by atoms with E-state index < -0.39 is 5.82 Å². The van der Waals surface area contributed by atoms with Crippen molar-refractivity contribution in [3.05, 3.63) is 47.0 Å². The minimum absolute atomic E-state index is 0.159. The molecular formula is C12H11ClFN3O. The predicted octanol–water partition coefficient (Wildman–Crippen LogP) is 2.41. The van der Waals surface area contributed by atoms with Crippen LogP contribution in [0.2, 0.25) is 5.15 Å². The first-order valence-electron chi connectivity index (χ1n) is 5.41. The molecule has 0 atom stereocenters. The third-order valence-corrected chi connectivity index (χ3v) is 2.71. The summed E-state index contributed by atoms with van der Waals surface area (Å²) in [6.07, 6.45) is 1.36. The van der Waals surface area contributed by atoms with Crippen molar-refractivity contribution >= 4 is 17.5 Å². The first-order chi connectivity index (χ1) is 8.63. The van der Waals surface area contributed by atoms with E-state index in [1.54, 1.807) is 12.1 Å². The molecule has 1 aromatic carbocycles. The fraction of sp³-hybridized carbons (Fsp3) is 0.167. The number of benzene rings is 1. The molecule has 0 aliphatic carbocycles. The minimum Gasteiger partial charge on any atom is -0.352 e. The van der Waals surface area contributed by atoms with Gasteiger partial charge in [0.2, 0.25) is 0 Å². The van der Waals surface area contributed by atoms with Gasteiger partial charge >= 0.3 is 0 Å². The number of rotatable bonds is 3. The summed E-state index contributed by atoms with van der Waals surface area (Å²) in [7, 11) is 0. The molecule has 1 amide bonds. The normalized spacial score (nSPS) is 10.4. The van der Waals surface area contributed by atoms with Crippen molar-refractivity contribution in [1.29, 1.82) is 0 Å². The Kier molecular flexibility index (Phi) is 3.62. The first-order valence-corrected chi connectivity index (χ1v) is 5.79. The van der Waals surface area contributed by atoms with Crippen LogP contribution >= 0.6 is 11.6 Å². The molecule has 6 heteroatoms. The lowest BCUT2D eigenvalue weighted by Crippen LogP contribution is -2.22. The first kappa shape index (κ1) is 12.6. The van der Waals surface area contributed by atoms with Gasteiger partial charge in [0, 0.05) is 6.54 Å². The molecule has 0 saturated carbocycles. The second kappa shape index (κ2) is 5.18. The van der Waals surface area contributed by atoms with Crippen molar-refractivity contribution in [1.82, 2.24) is 15.1 Å².